The van der Waals surface area contributed by atoms with Gasteiger partial charge in [-0.3, -0.25) is 4.79 Å². The van der Waals surface area contributed by atoms with Crippen LogP contribution in [0.4, 0.5) is 5.69 Å². The summed E-state index contributed by atoms with van der Waals surface area (Å²) in [7, 11) is 0. The van der Waals surface area contributed by atoms with Gasteiger partial charge in [0.05, 0.1) is 15.7 Å². The first-order valence-electron chi connectivity index (χ1n) is 9.39. The summed E-state index contributed by atoms with van der Waals surface area (Å²) in [6, 6.07) is 12.3. The van der Waals surface area contributed by atoms with Crippen LogP contribution in [-0.2, 0) is 11.3 Å². The number of aryl methyl sites for hydroxylation is 2. The van der Waals surface area contributed by atoms with Gasteiger partial charge >= 0.3 is 0 Å². The van der Waals surface area contributed by atoms with Gasteiger partial charge in [0.25, 0.3) is 5.91 Å². The molecule has 1 fully saturated rings. The van der Waals surface area contributed by atoms with E-state index in [1.54, 1.807) is 11.0 Å². The lowest BCUT2D eigenvalue weighted by Gasteiger charge is -2.29. The molecule has 3 N–H and O–H groups in total. The summed E-state index contributed by atoms with van der Waals surface area (Å²) in [4.78, 5) is 15.3. The maximum absolute atomic E-state index is 12.5. The number of hydrogen-bond acceptors (Lipinski definition) is 1. The van der Waals surface area contributed by atoms with Crippen LogP contribution in [0.1, 0.15) is 16.7 Å². The van der Waals surface area contributed by atoms with Gasteiger partial charge in [0.2, 0.25) is 0 Å². The van der Waals surface area contributed by atoms with Gasteiger partial charge in [0.1, 0.15) is 32.7 Å². The Morgan fingerprint density at radius 1 is 1.04 bits per heavy atom. The van der Waals surface area contributed by atoms with E-state index in [1.165, 1.54) is 16.0 Å². The van der Waals surface area contributed by atoms with Crippen molar-refractivity contribution in [2.24, 2.45) is 0 Å². The van der Waals surface area contributed by atoms with Gasteiger partial charge in [-0.1, -0.05) is 59.1 Å². The lowest BCUT2D eigenvalue weighted by Crippen LogP contribution is -3.28. The summed E-state index contributed by atoms with van der Waals surface area (Å²) in [5.41, 5.74) is 4.11. The Kier molecular flexibility index (Phi) is 6.77. The largest absolute Gasteiger partial charge is 0.322 e. The van der Waals surface area contributed by atoms with Gasteiger partial charge < -0.3 is 15.1 Å². The third kappa shape index (κ3) is 5.45. The minimum atomic E-state index is -0.0402. The van der Waals surface area contributed by atoms with E-state index in [1.807, 2.05) is 13.0 Å². The number of carbonyl (C=O) groups is 1. The van der Waals surface area contributed by atoms with Crippen molar-refractivity contribution in [3.05, 3.63) is 63.1 Å². The smallest absolute Gasteiger partial charge is 0.279 e. The van der Waals surface area contributed by atoms with E-state index < -0.39 is 0 Å². The minimum absolute atomic E-state index is 0.0402. The Hall–Kier alpha value is -1.59. The monoisotopic (exact) mass is 407 g/mol. The molecule has 4 nitrogen and oxygen atoms in total. The van der Waals surface area contributed by atoms with Crippen molar-refractivity contribution in [2.45, 2.75) is 20.4 Å². The summed E-state index contributed by atoms with van der Waals surface area (Å²) >= 11 is 12.5. The number of nitrogens with one attached hydrogen (secondary N) is 3. The normalized spacial score (nSPS) is 19.7. The highest BCUT2D eigenvalue weighted by Gasteiger charge is 2.25. The Morgan fingerprint density at radius 3 is 2.44 bits per heavy atom. The molecule has 0 unspecified atom stereocenters. The van der Waals surface area contributed by atoms with Crippen molar-refractivity contribution >= 4 is 34.8 Å². The molecule has 3 rings (SSSR count). The summed E-state index contributed by atoms with van der Waals surface area (Å²) in [5.74, 6) is -0.0402. The number of halogens is 2. The second-order valence-corrected chi connectivity index (χ2v) is 8.23. The quantitative estimate of drug-likeness (QED) is 0.690. The van der Waals surface area contributed by atoms with Gasteiger partial charge in [-0.15, -0.1) is 0 Å². The van der Waals surface area contributed by atoms with Crippen molar-refractivity contribution in [3.63, 3.8) is 0 Å². The maximum atomic E-state index is 12.5. The number of anilines is 1. The van der Waals surface area contributed by atoms with Crippen LogP contribution < -0.4 is 15.1 Å². The number of rotatable bonds is 5. The molecule has 0 atom stereocenters. The van der Waals surface area contributed by atoms with Crippen LogP contribution in [0, 0.1) is 13.8 Å². The number of amides is 1. The molecule has 144 valence electrons. The molecule has 2 aromatic carbocycles. The van der Waals surface area contributed by atoms with Crippen LogP contribution in [0.15, 0.2) is 36.4 Å². The zero-order chi connectivity index (χ0) is 19.4. The molecule has 1 amide bonds. The van der Waals surface area contributed by atoms with Gasteiger partial charge in [0, 0.05) is 5.56 Å². The lowest BCUT2D eigenvalue weighted by atomic mass is 10.1. The minimum Gasteiger partial charge on any atom is -0.322 e. The van der Waals surface area contributed by atoms with Crippen LogP contribution in [0.5, 0.6) is 0 Å². The third-order valence-electron chi connectivity index (χ3n) is 5.16. The Bertz CT molecular complexity index is 817. The molecule has 6 heteroatoms. The van der Waals surface area contributed by atoms with Crippen molar-refractivity contribution in [1.82, 2.24) is 0 Å². The molecule has 0 spiro atoms. The van der Waals surface area contributed by atoms with Crippen LogP contribution in [0.2, 0.25) is 10.0 Å². The SMILES string of the molecule is Cc1cccc(C[NH+]2CC[NH+](CC(=O)Nc3c(Cl)ccc(C)c3Cl)CC2)c1. The second kappa shape index (κ2) is 9.07. The van der Waals surface area contributed by atoms with E-state index >= 15 is 0 Å². The first-order valence-corrected chi connectivity index (χ1v) is 10.1. The molecule has 27 heavy (non-hydrogen) atoms. The molecule has 0 bridgehead atoms. The number of hydrogen-bond donors (Lipinski definition) is 3. The lowest BCUT2D eigenvalue weighted by molar-refractivity contribution is -1.02. The van der Waals surface area contributed by atoms with Crippen molar-refractivity contribution in [3.8, 4) is 0 Å². The number of piperazine rings is 1. The zero-order valence-electron chi connectivity index (χ0n) is 15.9. The Morgan fingerprint density at radius 2 is 1.74 bits per heavy atom. The molecular formula is C21H27Cl2N3O+2. The predicted octanol–water partition coefficient (Wildman–Crippen LogP) is 1.53. The average Bonchev–Trinajstić information content (AvgIpc) is 2.64. The summed E-state index contributed by atoms with van der Waals surface area (Å²) in [5, 5.41) is 3.88. The predicted molar refractivity (Wildman–Crippen MR) is 111 cm³/mol. The van der Waals surface area contributed by atoms with Crippen LogP contribution >= 0.6 is 23.2 Å². The van der Waals surface area contributed by atoms with Crippen LogP contribution in [0.25, 0.3) is 0 Å². The highest BCUT2D eigenvalue weighted by atomic mass is 35.5. The van der Waals surface area contributed by atoms with E-state index in [0.29, 0.717) is 22.3 Å². The summed E-state index contributed by atoms with van der Waals surface area (Å²) in [6.45, 7) is 9.65. The highest BCUT2D eigenvalue weighted by Crippen LogP contribution is 2.32. The molecule has 0 aromatic heterocycles. The first kappa shape index (κ1) is 20.2. The van der Waals surface area contributed by atoms with E-state index in [9.17, 15) is 4.79 Å². The molecule has 2 aromatic rings. The highest BCUT2D eigenvalue weighted by molar-refractivity contribution is 6.40. The van der Waals surface area contributed by atoms with Gasteiger partial charge in [-0.05, 0) is 25.5 Å². The molecule has 0 saturated carbocycles. The van der Waals surface area contributed by atoms with Crippen molar-refractivity contribution < 1.29 is 14.6 Å². The number of carbonyl (C=O) groups excluding carboxylic acids is 1. The molecule has 1 aliphatic rings. The van der Waals surface area contributed by atoms with Crippen molar-refractivity contribution in [2.75, 3.05) is 38.0 Å². The fourth-order valence-electron chi connectivity index (χ4n) is 3.60. The summed E-state index contributed by atoms with van der Waals surface area (Å²) in [6.07, 6.45) is 0. The topological polar surface area (TPSA) is 38.0 Å². The fraction of sp³-hybridized carbons (Fsp3) is 0.381. The average molecular weight is 408 g/mol. The van der Waals surface area contributed by atoms with Crippen molar-refractivity contribution in [1.29, 1.82) is 0 Å². The van der Waals surface area contributed by atoms with E-state index in [2.05, 4.69) is 36.5 Å². The Balaban J connectivity index is 1.49. The van der Waals surface area contributed by atoms with Crippen LogP contribution in [0.3, 0.4) is 0 Å². The molecule has 0 aliphatic carbocycles. The maximum Gasteiger partial charge on any atom is 0.279 e. The number of benzene rings is 2. The first-order chi connectivity index (χ1) is 12.9. The second-order valence-electron chi connectivity index (χ2n) is 7.44. The van der Waals surface area contributed by atoms with Crippen LogP contribution in [-0.4, -0.2) is 38.6 Å². The van der Waals surface area contributed by atoms with E-state index in [4.69, 9.17) is 23.2 Å². The standard InChI is InChI=1S/C21H25Cl2N3O/c1-15-4-3-5-17(12-15)13-25-8-10-26(11-9-25)14-19(27)24-21-18(22)7-6-16(2)20(21)23/h3-7,12H,8-11,13-14H2,1-2H3,(H,24,27)/p+2. The summed E-state index contributed by atoms with van der Waals surface area (Å²) < 4.78 is 0. The number of quaternary nitrogens is 2. The van der Waals surface area contributed by atoms with Gasteiger partial charge in [-0.25, -0.2) is 0 Å². The van der Waals surface area contributed by atoms with Gasteiger partial charge in [0.15, 0.2) is 6.54 Å². The third-order valence-corrected chi connectivity index (χ3v) is 5.96. The molecule has 1 aliphatic heterocycles. The van der Waals surface area contributed by atoms with E-state index in [0.717, 1.165) is 38.3 Å². The zero-order valence-corrected chi connectivity index (χ0v) is 17.4. The molecular weight excluding hydrogens is 381 g/mol. The molecule has 1 saturated heterocycles. The van der Waals surface area contributed by atoms with Gasteiger partial charge in [-0.2, -0.15) is 0 Å². The fourth-order valence-corrected chi connectivity index (χ4v) is 4.07. The Labute approximate surface area is 171 Å². The molecule has 0 radical (unpaired) electrons. The molecule has 1 heterocycles. The van der Waals surface area contributed by atoms with E-state index in [-0.39, 0.29) is 5.91 Å².